The molecule has 0 aliphatic rings. The summed E-state index contributed by atoms with van der Waals surface area (Å²) in [6.07, 6.45) is 0. The Labute approximate surface area is 793 Å². The second-order valence-corrected chi connectivity index (χ2v) is 36.0. The SMILES string of the molecule is Clc1ccc(-c2c3ccc(Cl)cc3c(-c3ccc(Cl)cc3)c3cc4ccc(Cl)cc4cc23)cc1.Fc1ccc(-c2c3ccccc3c(-c3ccc(F)cc3)c3cc4ccccc4cc23)cc1.c1ccc(-c2c3ccccc3c(-c3ccccc3)c3cc4ccccc4cc23)cc1.c1ccc2cc3c(-c4cccc5ccccc45)c4ccccc4c(-c4cccc5ccccc45)c3cc2c1. The van der Waals surface area contributed by atoms with Gasteiger partial charge in [0.05, 0.1) is 0 Å². The van der Waals surface area contributed by atoms with Crippen molar-refractivity contribution in [3.63, 3.8) is 0 Å². The summed E-state index contributed by atoms with van der Waals surface area (Å²) in [4.78, 5) is 0. The maximum absolute atomic E-state index is 13.7. The minimum Gasteiger partial charge on any atom is -0.207 e. The van der Waals surface area contributed by atoms with Gasteiger partial charge in [0, 0.05) is 20.1 Å². The summed E-state index contributed by atoms with van der Waals surface area (Å²) >= 11 is 25.3. The molecular weight excluding hydrogens is 1720 g/mol. The fourth-order valence-corrected chi connectivity index (χ4v) is 21.1. The summed E-state index contributed by atoms with van der Waals surface area (Å²) in [6.45, 7) is 0. The summed E-state index contributed by atoms with van der Waals surface area (Å²) in [6, 6.07) is 164. The van der Waals surface area contributed by atoms with E-state index in [-0.39, 0.29) is 11.6 Å². The first-order valence-electron chi connectivity index (χ1n) is 44.9. The third-order valence-electron chi connectivity index (χ3n) is 26.4. The van der Waals surface area contributed by atoms with E-state index >= 15 is 0 Å². The Kier molecular flexibility index (Phi) is 21.8. The molecule has 0 bridgehead atoms. The van der Waals surface area contributed by atoms with Crippen LogP contribution in [-0.2, 0) is 0 Å². The molecule has 0 radical (unpaired) electrons. The fourth-order valence-electron chi connectivity index (χ4n) is 20.5. The molecule has 26 aromatic rings. The second kappa shape index (κ2) is 35.2. The van der Waals surface area contributed by atoms with E-state index in [9.17, 15) is 8.78 Å². The Morgan fingerprint density at radius 1 is 0.119 bits per heavy atom. The number of fused-ring (bicyclic) bond motifs is 14. The standard InChI is InChI=1S/C38H24.C30H16Cl4.C30H18F2.C30H20/c1-2-14-28-24-36-35(23-27(28)13-1)37(31-21-9-15-25-11-3-5-17-29(25)31)33-19-7-8-20-34(33)38(36)32-22-10-16-26-12-4-6-18-30(26)32;31-21-6-1-17(2-7-21)29-25-12-11-24(34)16-28(25)30(18-3-8-22(32)9-4-18)26-14-19-5-10-23(33)13-20(19)15-27(26)29;31-23-13-9-19(10-14-23)29-25-7-3-4-8-26(25)30(20-11-15-24(32)16-12-20)28-18-22-6-2-1-5-21(22)17-27(28)29;1-3-11-21(12-4-1)29-25-17-9-10-18-26(25)30(22-13-5-2-6-14-22)28-20-24-16-8-7-15-23(24)19-27(28)29/h1-24H;1-16H;1-18H;1-20H. The van der Waals surface area contributed by atoms with Crippen LogP contribution in [0.25, 0.3) is 240 Å². The normalized spacial score (nSPS) is 11.5. The van der Waals surface area contributed by atoms with Gasteiger partial charge in [-0.3, -0.25) is 0 Å². The maximum Gasteiger partial charge on any atom is 0.123 e. The van der Waals surface area contributed by atoms with Crippen molar-refractivity contribution < 1.29 is 8.78 Å². The van der Waals surface area contributed by atoms with Gasteiger partial charge < -0.3 is 0 Å². The predicted molar refractivity (Wildman–Crippen MR) is 574 cm³/mol. The number of hydrogen-bond acceptors (Lipinski definition) is 0. The smallest absolute Gasteiger partial charge is 0.123 e. The average Bonchev–Trinajstić information content (AvgIpc) is 0.733. The molecule has 26 aromatic carbocycles. The highest BCUT2D eigenvalue weighted by Crippen LogP contribution is 2.53. The molecule has 0 nitrogen and oxygen atoms in total. The quantitative estimate of drug-likeness (QED) is 0.133. The first-order valence-corrected chi connectivity index (χ1v) is 46.5. The van der Waals surface area contributed by atoms with Gasteiger partial charge in [0.15, 0.2) is 0 Å². The summed E-state index contributed by atoms with van der Waals surface area (Å²) in [5.41, 5.74) is 18.8. The average molecular weight is 1800 g/mol. The number of benzene rings is 26. The molecule has 632 valence electrons. The Bertz CT molecular complexity index is 8750. The van der Waals surface area contributed by atoms with Crippen LogP contribution in [0.15, 0.2) is 473 Å². The monoisotopic (exact) mass is 1790 g/mol. The minimum atomic E-state index is -0.254. The van der Waals surface area contributed by atoms with Crippen molar-refractivity contribution in [1.29, 1.82) is 0 Å². The summed E-state index contributed by atoms with van der Waals surface area (Å²) in [5, 5.41) is 36.7. The fraction of sp³-hybridized carbons (Fsp3) is 0. The van der Waals surface area contributed by atoms with Gasteiger partial charge in [0.25, 0.3) is 0 Å². The van der Waals surface area contributed by atoms with Crippen molar-refractivity contribution in [2.75, 3.05) is 0 Å². The molecule has 0 saturated carbocycles. The van der Waals surface area contributed by atoms with Gasteiger partial charge in [-0.1, -0.05) is 398 Å². The van der Waals surface area contributed by atoms with E-state index < -0.39 is 0 Å². The molecule has 134 heavy (non-hydrogen) atoms. The molecule has 6 heteroatoms. The predicted octanol–water partition coefficient (Wildman–Crippen LogP) is 39.1. The summed E-state index contributed by atoms with van der Waals surface area (Å²) in [7, 11) is 0. The van der Waals surface area contributed by atoms with Gasteiger partial charge >= 0.3 is 0 Å². The Hall–Kier alpha value is -15.6. The van der Waals surface area contributed by atoms with E-state index in [1.165, 1.54) is 155 Å². The maximum atomic E-state index is 13.7. The van der Waals surface area contributed by atoms with Crippen LogP contribution in [0.1, 0.15) is 0 Å². The van der Waals surface area contributed by atoms with E-state index in [4.69, 9.17) is 46.4 Å². The first kappa shape index (κ1) is 82.8. The topological polar surface area (TPSA) is 0 Å². The molecule has 0 aliphatic heterocycles. The Morgan fingerprint density at radius 2 is 0.328 bits per heavy atom. The van der Waals surface area contributed by atoms with Crippen molar-refractivity contribution in [3.8, 4) is 89.0 Å². The van der Waals surface area contributed by atoms with Gasteiger partial charge in [-0.15, -0.1) is 0 Å². The summed E-state index contributed by atoms with van der Waals surface area (Å²) < 4.78 is 27.5. The zero-order valence-corrected chi connectivity index (χ0v) is 75.3. The van der Waals surface area contributed by atoms with Crippen molar-refractivity contribution in [2.24, 2.45) is 0 Å². The molecule has 26 rings (SSSR count). The van der Waals surface area contributed by atoms with Gasteiger partial charge in [-0.25, -0.2) is 8.78 Å². The van der Waals surface area contributed by atoms with Crippen LogP contribution < -0.4 is 0 Å². The van der Waals surface area contributed by atoms with Crippen molar-refractivity contribution in [3.05, 3.63) is 505 Å². The molecule has 0 aromatic heterocycles. The molecule has 0 saturated heterocycles. The Balaban J connectivity index is 0.000000101. The van der Waals surface area contributed by atoms with Crippen LogP contribution in [-0.4, -0.2) is 0 Å². The van der Waals surface area contributed by atoms with Crippen LogP contribution in [0.4, 0.5) is 8.78 Å². The van der Waals surface area contributed by atoms with E-state index in [2.05, 4.69) is 352 Å². The highest BCUT2D eigenvalue weighted by atomic mass is 35.5. The van der Waals surface area contributed by atoms with Gasteiger partial charge in [-0.2, -0.15) is 0 Å². The number of halogens is 6. The Morgan fingerprint density at radius 3 is 0.664 bits per heavy atom. The molecule has 0 heterocycles. The first-order chi connectivity index (χ1) is 65.9. The third kappa shape index (κ3) is 15.3. The molecule has 0 fully saturated rings. The molecule has 0 unspecified atom stereocenters. The molecular formula is C128H78Cl4F2. The largest absolute Gasteiger partial charge is 0.207 e. The lowest BCUT2D eigenvalue weighted by atomic mass is 9.83. The highest BCUT2D eigenvalue weighted by Gasteiger charge is 2.25. The molecule has 0 atom stereocenters. The van der Waals surface area contributed by atoms with Crippen molar-refractivity contribution in [2.45, 2.75) is 0 Å². The van der Waals surface area contributed by atoms with Crippen LogP contribution >= 0.6 is 46.4 Å². The second-order valence-electron chi connectivity index (χ2n) is 34.3. The molecule has 0 N–H and O–H groups in total. The lowest BCUT2D eigenvalue weighted by Crippen LogP contribution is -1.93. The summed E-state index contributed by atoms with van der Waals surface area (Å²) in [5.74, 6) is -0.508. The van der Waals surface area contributed by atoms with Crippen molar-refractivity contribution >= 4 is 197 Å². The van der Waals surface area contributed by atoms with E-state index in [1.807, 2.05) is 97.1 Å². The third-order valence-corrected chi connectivity index (χ3v) is 27.4. The van der Waals surface area contributed by atoms with Crippen molar-refractivity contribution in [1.82, 2.24) is 0 Å². The number of rotatable bonds is 8. The zero-order chi connectivity index (χ0) is 90.0. The molecule has 0 aliphatic carbocycles. The van der Waals surface area contributed by atoms with E-state index in [0.717, 1.165) is 109 Å². The van der Waals surface area contributed by atoms with Gasteiger partial charge in [0.2, 0.25) is 0 Å². The van der Waals surface area contributed by atoms with Crippen LogP contribution in [0, 0.1) is 11.6 Å². The van der Waals surface area contributed by atoms with Crippen LogP contribution in [0.5, 0.6) is 0 Å². The highest BCUT2D eigenvalue weighted by molar-refractivity contribution is 6.35. The van der Waals surface area contributed by atoms with E-state index in [1.54, 1.807) is 0 Å². The van der Waals surface area contributed by atoms with Crippen LogP contribution in [0.2, 0.25) is 20.1 Å². The van der Waals surface area contributed by atoms with Crippen LogP contribution in [0.3, 0.4) is 0 Å². The minimum absolute atomic E-state index is 0.254. The van der Waals surface area contributed by atoms with Gasteiger partial charge in [-0.05, 0) is 361 Å². The zero-order valence-electron chi connectivity index (χ0n) is 72.3. The lowest BCUT2D eigenvalue weighted by Gasteiger charge is -2.20. The molecule has 0 spiro atoms. The molecule has 0 amide bonds. The van der Waals surface area contributed by atoms with Gasteiger partial charge in [0.1, 0.15) is 11.6 Å². The van der Waals surface area contributed by atoms with E-state index in [0.29, 0.717) is 20.1 Å². The number of hydrogen-bond donors (Lipinski definition) is 0. The lowest BCUT2D eigenvalue weighted by molar-refractivity contribution is 0.627.